The third kappa shape index (κ3) is 3.60. The first-order valence-corrected chi connectivity index (χ1v) is 6.91. The summed E-state index contributed by atoms with van der Waals surface area (Å²) in [6.07, 6.45) is 2.99. The molecule has 1 aliphatic rings. The van der Waals surface area contributed by atoms with Crippen molar-refractivity contribution in [3.63, 3.8) is 0 Å². The van der Waals surface area contributed by atoms with Crippen LogP contribution in [0.1, 0.15) is 24.7 Å². The molecule has 0 aromatic heterocycles. The molecule has 2 rings (SSSR count). The molecule has 0 aliphatic carbocycles. The minimum absolute atomic E-state index is 0.00106. The van der Waals surface area contributed by atoms with E-state index >= 15 is 0 Å². The van der Waals surface area contributed by atoms with Gasteiger partial charge in [-0.15, -0.1) is 6.58 Å². The molecule has 0 amide bonds. The Morgan fingerprint density at radius 3 is 2.80 bits per heavy atom. The molecule has 1 fully saturated rings. The van der Waals surface area contributed by atoms with Gasteiger partial charge in [0.15, 0.2) is 6.29 Å². The van der Waals surface area contributed by atoms with Gasteiger partial charge >= 0.3 is 0 Å². The molecular formula is C16H22O4. The molecule has 0 bridgehead atoms. The van der Waals surface area contributed by atoms with Crippen LogP contribution in [0, 0.1) is 5.92 Å². The SMILES string of the molecule is C=CC[C@H](CO)[C@@H]1CCO[C@H](c2ccc(OC)cc2)O1. The average molecular weight is 278 g/mol. The fraction of sp³-hybridized carbons (Fsp3) is 0.500. The van der Waals surface area contributed by atoms with Gasteiger partial charge < -0.3 is 19.3 Å². The monoisotopic (exact) mass is 278 g/mol. The molecular weight excluding hydrogens is 256 g/mol. The minimum atomic E-state index is -0.376. The lowest BCUT2D eigenvalue weighted by Gasteiger charge is -2.34. The van der Waals surface area contributed by atoms with E-state index in [0.717, 1.165) is 24.2 Å². The molecule has 0 saturated carbocycles. The summed E-state index contributed by atoms with van der Waals surface area (Å²) in [5.41, 5.74) is 0.964. The highest BCUT2D eigenvalue weighted by Gasteiger charge is 2.29. The quantitative estimate of drug-likeness (QED) is 0.813. The second kappa shape index (κ2) is 7.43. The van der Waals surface area contributed by atoms with Crippen molar-refractivity contribution in [3.8, 4) is 5.75 Å². The van der Waals surface area contributed by atoms with E-state index in [9.17, 15) is 5.11 Å². The van der Waals surface area contributed by atoms with Crippen molar-refractivity contribution in [2.75, 3.05) is 20.3 Å². The first-order valence-electron chi connectivity index (χ1n) is 6.91. The molecule has 0 radical (unpaired) electrons. The van der Waals surface area contributed by atoms with E-state index in [1.165, 1.54) is 0 Å². The number of methoxy groups -OCH3 is 1. The molecule has 1 aromatic carbocycles. The summed E-state index contributed by atoms with van der Waals surface area (Å²) in [6, 6.07) is 7.65. The van der Waals surface area contributed by atoms with Crippen LogP contribution in [0.4, 0.5) is 0 Å². The number of aliphatic hydroxyl groups is 1. The molecule has 4 nitrogen and oxygen atoms in total. The second-order valence-corrected chi connectivity index (χ2v) is 4.91. The number of rotatable bonds is 6. The average Bonchev–Trinajstić information content (AvgIpc) is 2.53. The zero-order chi connectivity index (χ0) is 14.4. The van der Waals surface area contributed by atoms with Crippen LogP contribution in [-0.2, 0) is 9.47 Å². The number of benzene rings is 1. The lowest BCUT2D eigenvalue weighted by atomic mass is 9.96. The summed E-state index contributed by atoms with van der Waals surface area (Å²) in [6.45, 7) is 4.46. The molecule has 0 spiro atoms. The molecule has 4 heteroatoms. The van der Waals surface area contributed by atoms with Gasteiger partial charge in [0.1, 0.15) is 5.75 Å². The van der Waals surface area contributed by atoms with E-state index in [2.05, 4.69) is 6.58 Å². The highest BCUT2D eigenvalue weighted by molar-refractivity contribution is 5.27. The molecule has 1 aromatic rings. The van der Waals surface area contributed by atoms with Crippen LogP contribution in [-0.4, -0.2) is 31.5 Å². The van der Waals surface area contributed by atoms with Crippen molar-refractivity contribution in [2.24, 2.45) is 5.92 Å². The van der Waals surface area contributed by atoms with E-state index in [-0.39, 0.29) is 24.9 Å². The Hall–Kier alpha value is -1.36. The smallest absolute Gasteiger partial charge is 0.184 e. The van der Waals surface area contributed by atoms with Gasteiger partial charge in [0.2, 0.25) is 0 Å². The van der Waals surface area contributed by atoms with Crippen molar-refractivity contribution in [1.82, 2.24) is 0 Å². The Labute approximate surface area is 120 Å². The van der Waals surface area contributed by atoms with Crippen molar-refractivity contribution < 1.29 is 19.3 Å². The Kier molecular flexibility index (Phi) is 5.59. The normalized spacial score (nSPS) is 24.1. The van der Waals surface area contributed by atoms with E-state index in [4.69, 9.17) is 14.2 Å². The van der Waals surface area contributed by atoms with Crippen molar-refractivity contribution in [2.45, 2.75) is 25.2 Å². The Bertz CT molecular complexity index is 415. The number of ether oxygens (including phenoxy) is 3. The summed E-state index contributed by atoms with van der Waals surface area (Å²) in [7, 11) is 1.64. The van der Waals surface area contributed by atoms with Crippen LogP contribution >= 0.6 is 0 Å². The standard InChI is InChI=1S/C16H22O4/c1-3-4-13(11-17)15-9-10-19-16(20-15)12-5-7-14(18-2)8-6-12/h3,5-8,13,15-17H,1,4,9-11H2,2H3/t13-,15+,16+/m1/s1. The second-order valence-electron chi connectivity index (χ2n) is 4.91. The van der Waals surface area contributed by atoms with E-state index in [0.29, 0.717) is 6.61 Å². The van der Waals surface area contributed by atoms with Gasteiger partial charge in [-0.25, -0.2) is 0 Å². The lowest BCUT2D eigenvalue weighted by Crippen LogP contribution is -2.34. The lowest BCUT2D eigenvalue weighted by molar-refractivity contribution is -0.231. The minimum Gasteiger partial charge on any atom is -0.497 e. The Morgan fingerprint density at radius 2 is 2.20 bits per heavy atom. The topological polar surface area (TPSA) is 47.9 Å². The highest BCUT2D eigenvalue weighted by atomic mass is 16.7. The fourth-order valence-electron chi connectivity index (χ4n) is 2.40. The zero-order valence-corrected chi connectivity index (χ0v) is 11.8. The maximum Gasteiger partial charge on any atom is 0.184 e. The zero-order valence-electron chi connectivity index (χ0n) is 11.8. The molecule has 1 heterocycles. The van der Waals surface area contributed by atoms with Crippen LogP contribution in [0.3, 0.4) is 0 Å². The number of hydrogen-bond donors (Lipinski definition) is 1. The number of aliphatic hydroxyl groups excluding tert-OH is 1. The first kappa shape index (κ1) is 15.0. The van der Waals surface area contributed by atoms with E-state index in [1.54, 1.807) is 7.11 Å². The van der Waals surface area contributed by atoms with Crippen LogP contribution in [0.25, 0.3) is 0 Å². The Balaban J connectivity index is 2.03. The van der Waals surface area contributed by atoms with Crippen molar-refractivity contribution in [1.29, 1.82) is 0 Å². The van der Waals surface area contributed by atoms with Gasteiger partial charge in [-0.1, -0.05) is 18.2 Å². The van der Waals surface area contributed by atoms with Crippen LogP contribution < -0.4 is 4.74 Å². The molecule has 1 aliphatic heterocycles. The summed E-state index contributed by atoms with van der Waals surface area (Å²) in [5, 5.41) is 9.45. The molecule has 1 saturated heterocycles. The third-order valence-corrected chi connectivity index (χ3v) is 3.59. The van der Waals surface area contributed by atoms with E-state index < -0.39 is 0 Å². The van der Waals surface area contributed by atoms with Gasteiger partial charge in [0.05, 0.1) is 19.8 Å². The fourth-order valence-corrected chi connectivity index (χ4v) is 2.40. The molecule has 1 N–H and O–H groups in total. The van der Waals surface area contributed by atoms with Gasteiger partial charge in [-0.2, -0.15) is 0 Å². The van der Waals surface area contributed by atoms with Crippen molar-refractivity contribution >= 4 is 0 Å². The maximum atomic E-state index is 9.45. The summed E-state index contributed by atoms with van der Waals surface area (Å²) in [5.74, 6) is 0.887. The molecule has 110 valence electrons. The first-order chi connectivity index (χ1) is 9.78. The van der Waals surface area contributed by atoms with Gasteiger partial charge in [0, 0.05) is 18.1 Å². The van der Waals surface area contributed by atoms with Crippen LogP contribution in [0.15, 0.2) is 36.9 Å². The summed E-state index contributed by atoms with van der Waals surface area (Å²) < 4.78 is 16.8. The number of allylic oxidation sites excluding steroid dienone is 1. The van der Waals surface area contributed by atoms with Gasteiger partial charge in [-0.3, -0.25) is 0 Å². The number of hydrogen-bond acceptors (Lipinski definition) is 4. The molecule has 3 atom stereocenters. The van der Waals surface area contributed by atoms with Gasteiger partial charge in [-0.05, 0) is 25.0 Å². The summed E-state index contributed by atoms with van der Waals surface area (Å²) >= 11 is 0. The third-order valence-electron chi connectivity index (χ3n) is 3.59. The largest absolute Gasteiger partial charge is 0.497 e. The van der Waals surface area contributed by atoms with Crippen LogP contribution in [0.5, 0.6) is 5.75 Å². The Morgan fingerprint density at radius 1 is 1.45 bits per heavy atom. The van der Waals surface area contributed by atoms with E-state index in [1.807, 2.05) is 30.3 Å². The van der Waals surface area contributed by atoms with Crippen LogP contribution in [0.2, 0.25) is 0 Å². The van der Waals surface area contributed by atoms with Crippen molar-refractivity contribution in [3.05, 3.63) is 42.5 Å². The summed E-state index contributed by atoms with van der Waals surface area (Å²) in [4.78, 5) is 0. The highest BCUT2D eigenvalue weighted by Crippen LogP contribution is 2.31. The molecule has 0 unspecified atom stereocenters. The predicted octanol–water partition coefficient (Wildman–Crippen LogP) is 2.68. The predicted molar refractivity (Wildman–Crippen MR) is 76.6 cm³/mol. The maximum absolute atomic E-state index is 9.45. The molecule has 20 heavy (non-hydrogen) atoms. The van der Waals surface area contributed by atoms with Gasteiger partial charge in [0.25, 0.3) is 0 Å².